The predicted molar refractivity (Wildman–Crippen MR) is 93.9 cm³/mol. The van der Waals surface area contributed by atoms with Crippen LogP contribution in [0.5, 0.6) is 5.75 Å². The van der Waals surface area contributed by atoms with Gasteiger partial charge in [0.25, 0.3) is 0 Å². The van der Waals surface area contributed by atoms with Gasteiger partial charge in [-0.15, -0.1) is 0 Å². The molecule has 0 unspecified atom stereocenters. The number of rotatable bonds is 8. The van der Waals surface area contributed by atoms with Gasteiger partial charge in [0.2, 0.25) is 0 Å². The fraction of sp³-hybridized carbons (Fsp3) is 0.381. The molecule has 25 heavy (non-hydrogen) atoms. The monoisotopic (exact) mass is 342 g/mol. The van der Waals surface area contributed by atoms with Gasteiger partial charge in [-0.25, -0.2) is 4.39 Å². The second kappa shape index (κ2) is 8.15. The van der Waals surface area contributed by atoms with E-state index in [9.17, 15) is 9.18 Å². The van der Waals surface area contributed by atoms with Gasteiger partial charge in [-0.1, -0.05) is 43.2 Å². The van der Waals surface area contributed by atoms with Gasteiger partial charge in [-0.3, -0.25) is 4.79 Å². The van der Waals surface area contributed by atoms with Gasteiger partial charge in [0.1, 0.15) is 18.2 Å². The van der Waals surface area contributed by atoms with Crippen LogP contribution in [0.3, 0.4) is 0 Å². The second-order valence-electron chi connectivity index (χ2n) is 6.65. The van der Waals surface area contributed by atoms with Crippen LogP contribution in [-0.2, 0) is 16.1 Å². The van der Waals surface area contributed by atoms with E-state index in [0.29, 0.717) is 18.3 Å². The molecule has 0 saturated heterocycles. The average molecular weight is 342 g/mol. The molecule has 1 saturated carbocycles. The van der Waals surface area contributed by atoms with Crippen molar-refractivity contribution in [1.82, 2.24) is 0 Å². The third-order valence-corrected chi connectivity index (χ3v) is 4.57. The Kier molecular flexibility index (Phi) is 5.69. The summed E-state index contributed by atoms with van der Waals surface area (Å²) in [6.07, 6.45) is 3.53. The van der Waals surface area contributed by atoms with Crippen LogP contribution in [0.15, 0.2) is 48.5 Å². The third kappa shape index (κ3) is 5.31. The van der Waals surface area contributed by atoms with Crippen LogP contribution in [0.2, 0.25) is 0 Å². The van der Waals surface area contributed by atoms with E-state index in [2.05, 4.69) is 0 Å². The fourth-order valence-corrected chi connectivity index (χ4v) is 3.02. The maximum atomic E-state index is 14.1. The van der Waals surface area contributed by atoms with Crippen LogP contribution in [-0.4, -0.2) is 13.1 Å². The first-order valence-electron chi connectivity index (χ1n) is 8.68. The largest absolute Gasteiger partial charge is 0.489 e. The van der Waals surface area contributed by atoms with E-state index in [-0.39, 0.29) is 24.1 Å². The van der Waals surface area contributed by atoms with E-state index in [1.807, 2.05) is 36.4 Å². The lowest BCUT2D eigenvalue weighted by molar-refractivity contribution is -0.141. The zero-order valence-electron chi connectivity index (χ0n) is 14.4. The van der Waals surface area contributed by atoms with Crippen molar-refractivity contribution in [3.63, 3.8) is 0 Å². The molecule has 4 heteroatoms. The first kappa shape index (κ1) is 17.5. The summed E-state index contributed by atoms with van der Waals surface area (Å²) in [5, 5.41) is 0. The molecule has 0 heterocycles. The van der Waals surface area contributed by atoms with Crippen LogP contribution >= 0.6 is 0 Å². The Morgan fingerprint density at radius 1 is 1.20 bits per heavy atom. The maximum absolute atomic E-state index is 14.1. The second-order valence-corrected chi connectivity index (χ2v) is 6.65. The van der Waals surface area contributed by atoms with Gasteiger partial charge >= 0.3 is 5.97 Å². The molecule has 0 spiro atoms. The first-order valence-corrected chi connectivity index (χ1v) is 8.68. The Morgan fingerprint density at radius 3 is 2.64 bits per heavy atom. The maximum Gasteiger partial charge on any atom is 0.306 e. The number of ether oxygens (including phenoxy) is 2. The molecule has 0 radical (unpaired) electrons. The predicted octanol–water partition coefficient (Wildman–Crippen LogP) is 4.85. The Morgan fingerprint density at radius 2 is 1.96 bits per heavy atom. The lowest BCUT2D eigenvalue weighted by Crippen LogP contribution is -2.10. The Bertz CT molecular complexity index is 710. The first-order chi connectivity index (χ1) is 12.1. The summed E-state index contributed by atoms with van der Waals surface area (Å²) < 4.78 is 24.7. The highest BCUT2D eigenvalue weighted by atomic mass is 19.1. The van der Waals surface area contributed by atoms with Gasteiger partial charge in [0.15, 0.2) is 0 Å². The normalized spacial score (nSPS) is 14.8. The summed E-state index contributed by atoms with van der Waals surface area (Å²) in [7, 11) is 1.39. The number of carbonyl (C=O) groups is 1. The van der Waals surface area contributed by atoms with Gasteiger partial charge in [0, 0.05) is 6.07 Å². The van der Waals surface area contributed by atoms with Crippen molar-refractivity contribution in [2.45, 2.75) is 38.2 Å². The van der Waals surface area contributed by atoms with Gasteiger partial charge in [-0.2, -0.15) is 0 Å². The number of hydrogen-bond donors (Lipinski definition) is 0. The number of carbonyl (C=O) groups excluding carboxylic acids is 1. The van der Waals surface area contributed by atoms with Crippen LogP contribution in [0.4, 0.5) is 4.39 Å². The van der Waals surface area contributed by atoms with Gasteiger partial charge < -0.3 is 9.47 Å². The molecule has 3 rings (SSSR count). The molecule has 1 atom stereocenters. The van der Waals surface area contributed by atoms with Gasteiger partial charge in [-0.05, 0) is 41.5 Å². The van der Waals surface area contributed by atoms with Crippen LogP contribution < -0.4 is 4.74 Å². The minimum atomic E-state index is -0.341. The summed E-state index contributed by atoms with van der Waals surface area (Å²) in [6.45, 7) is 0.383. The Labute approximate surface area is 147 Å². The van der Waals surface area contributed by atoms with Crippen molar-refractivity contribution in [2.24, 2.45) is 5.92 Å². The highest BCUT2D eigenvalue weighted by Gasteiger charge is 2.28. The van der Waals surface area contributed by atoms with Crippen molar-refractivity contribution in [1.29, 1.82) is 0 Å². The molecule has 0 aromatic heterocycles. The molecule has 0 N–H and O–H groups in total. The SMILES string of the molecule is COC(=O)C[C@H](CC1CC1)c1cc(F)cc(OCc2ccccc2)c1. The van der Waals surface area contributed by atoms with E-state index in [1.165, 1.54) is 32.1 Å². The lowest BCUT2D eigenvalue weighted by Gasteiger charge is -2.17. The summed E-state index contributed by atoms with van der Waals surface area (Å²) in [6, 6.07) is 14.5. The zero-order chi connectivity index (χ0) is 17.6. The van der Waals surface area contributed by atoms with E-state index in [4.69, 9.17) is 9.47 Å². The Balaban J connectivity index is 1.74. The molecular formula is C21H23FO3. The van der Waals surface area contributed by atoms with Crippen LogP contribution in [0, 0.1) is 11.7 Å². The van der Waals surface area contributed by atoms with Crippen LogP contribution in [0.1, 0.15) is 42.7 Å². The molecule has 0 amide bonds. The third-order valence-electron chi connectivity index (χ3n) is 4.57. The summed E-state index contributed by atoms with van der Waals surface area (Å²) in [4.78, 5) is 11.7. The molecule has 0 bridgehead atoms. The Hall–Kier alpha value is -2.36. The molecule has 2 aromatic rings. The average Bonchev–Trinajstić information content (AvgIpc) is 3.44. The number of halogens is 1. The van der Waals surface area contributed by atoms with E-state index >= 15 is 0 Å². The minimum Gasteiger partial charge on any atom is -0.489 e. The van der Waals surface area contributed by atoms with E-state index in [0.717, 1.165) is 17.5 Å². The molecule has 1 fully saturated rings. The van der Waals surface area contributed by atoms with E-state index < -0.39 is 0 Å². The van der Waals surface area contributed by atoms with Crippen molar-refractivity contribution in [3.05, 3.63) is 65.5 Å². The van der Waals surface area contributed by atoms with Crippen LogP contribution in [0.25, 0.3) is 0 Å². The molecule has 1 aliphatic rings. The molecule has 0 aliphatic heterocycles. The van der Waals surface area contributed by atoms with E-state index in [1.54, 1.807) is 0 Å². The molecular weight excluding hydrogens is 319 g/mol. The minimum absolute atomic E-state index is 0.0327. The number of methoxy groups -OCH3 is 1. The molecule has 132 valence electrons. The standard InChI is InChI=1S/C21H23FO3/c1-24-21(23)12-17(9-15-7-8-15)18-10-19(22)13-20(11-18)25-14-16-5-3-2-4-6-16/h2-6,10-11,13,15,17H,7-9,12,14H2,1H3/t17-/m0/s1. The summed E-state index contributed by atoms with van der Waals surface area (Å²) >= 11 is 0. The highest BCUT2D eigenvalue weighted by molar-refractivity contribution is 5.70. The quantitative estimate of drug-likeness (QED) is 0.643. The van der Waals surface area contributed by atoms with Gasteiger partial charge in [0.05, 0.1) is 13.5 Å². The number of esters is 1. The van der Waals surface area contributed by atoms with Crippen molar-refractivity contribution < 1.29 is 18.7 Å². The summed E-state index contributed by atoms with van der Waals surface area (Å²) in [5.41, 5.74) is 1.83. The molecule has 3 nitrogen and oxygen atoms in total. The summed E-state index contributed by atoms with van der Waals surface area (Å²) in [5.74, 6) is 0.485. The smallest absolute Gasteiger partial charge is 0.306 e. The fourth-order valence-electron chi connectivity index (χ4n) is 3.02. The molecule has 1 aliphatic carbocycles. The molecule has 2 aromatic carbocycles. The zero-order valence-corrected chi connectivity index (χ0v) is 14.4. The topological polar surface area (TPSA) is 35.5 Å². The number of benzene rings is 2. The van der Waals surface area contributed by atoms with Crippen molar-refractivity contribution in [3.8, 4) is 5.75 Å². The van der Waals surface area contributed by atoms with Crippen molar-refractivity contribution >= 4 is 5.97 Å². The van der Waals surface area contributed by atoms with Crippen molar-refractivity contribution in [2.75, 3.05) is 7.11 Å². The number of hydrogen-bond acceptors (Lipinski definition) is 3. The highest BCUT2D eigenvalue weighted by Crippen LogP contribution is 2.41. The lowest BCUT2D eigenvalue weighted by atomic mass is 9.90.